The van der Waals surface area contributed by atoms with Gasteiger partial charge in [-0.25, -0.2) is 9.78 Å². The van der Waals surface area contributed by atoms with Crippen molar-refractivity contribution >= 4 is 34.2 Å². The number of nitrogens with one attached hydrogen (secondary N) is 2. The highest BCUT2D eigenvalue weighted by Gasteiger charge is 2.52. The van der Waals surface area contributed by atoms with E-state index < -0.39 is 47.6 Å². The maximum atomic E-state index is 14.1. The van der Waals surface area contributed by atoms with Crippen molar-refractivity contribution in [1.29, 1.82) is 0 Å². The molecule has 0 radical (unpaired) electrons. The van der Waals surface area contributed by atoms with Crippen LogP contribution >= 0.6 is 0 Å². The van der Waals surface area contributed by atoms with E-state index in [0.717, 1.165) is 24.3 Å². The second-order valence-corrected chi connectivity index (χ2v) is 10.4. The van der Waals surface area contributed by atoms with Gasteiger partial charge in [0.25, 0.3) is 11.6 Å². The molecule has 0 fully saturated rings. The maximum absolute atomic E-state index is 14.1. The predicted octanol–water partition coefficient (Wildman–Crippen LogP) is 6.71. The molecule has 0 spiro atoms. The fourth-order valence-corrected chi connectivity index (χ4v) is 4.67. The second-order valence-electron chi connectivity index (χ2n) is 10.4. The van der Waals surface area contributed by atoms with Gasteiger partial charge < -0.3 is 30.6 Å². The number of nitrogens with zero attached hydrogens (tertiary/aromatic N) is 1. The van der Waals surface area contributed by atoms with Gasteiger partial charge in [-0.05, 0) is 80.3 Å². The van der Waals surface area contributed by atoms with Crippen molar-refractivity contribution < 1.29 is 50.1 Å². The molecule has 250 valence electrons. The second kappa shape index (κ2) is 13.6. The molecule has 0 aliphatic rings. The standard InChI is InChI=1S/C32H30F6N4O5/c1-4-45-26-16-21(9-12-25(26)46-18(2)3)30(47-29(44)32(36,37)38,42-22-10-11-23-19(15-22)13-14-40-27(23)39)28(43)41-17-20-7-5-6-8-24(20)31(33,34)35/h5-16,18,42H,4,17H2,1-3H3,(H2,39,40)(H,41,43). The Labute approximate surface area is 265 Å². The summed E-state index contributed by atoms with van der Waals surface area (Å²) in [6, 6.07) is 13.7. The fourth-order valence-electron chi connectivity index (χ4n) is 4.67. The smallest absolute Gasteiger partial charge is 0.490 e. The molecule has 47 heavy (non-hydrogen) atoms. The summed E-state index contributed by atoms with van der Waals surface area (Å²) in [6.45, 7) is 4.33. The predicted molar refractivity (Wildman–Crippen MR) is 160 cm³/mol. The van der Waals surface area contributed by atoms with Crippen molar-refractivity contribution in [2.45, 2.75) is 51.5 Å². The normalized spacial score (nSPS) is 13.1. The van der Waals surface area contributed by atoms with Gasteiger partial charge in [-0.2, -0.15) is 26.3 Å². The molecule has 4 N–H and O–H groups in total. The summed E-state index contributed by atoms with van der Waals surface area (Å²) >= 11 is 0. The molecular formula is C32H30F6N4O5. The lowest BCUT2D eigenvalue weighted by molar-refractivity contribution is -0.213. The van der Waals surface area contributed by atoms with Crippen LogP contribution in [-0.4, -0.2) is 35.7 Å². The first-order chi connectivity index (χ1) is 22.0. The molecule has 1 unspecified atom stereocenters. The summed E-state index contributed by atoms with van der Waals surface area (Å²) in [6.07, 6.45) is -9.36. The number of hydrogen-bond donors (Lipinski definition) is 3. The summed E-state index contributed by atoms with van der Waals surface area (Å²) in [7, 11) is 0. The van der Waals surface area contributed by atoms with Crippen molar-refractivity contribution in [1.82, 2.24) is 10.3 Å². The molecule has 0 aliphatic carbocycles. The van der Waals surface area contributed by atoms with Gasteiger partial charge in [0.2, 0.25) is 0 Å². The summed E-state index contributed by atoms with van der Waals surface area (Å²) in [5.41, 5.74) is 1.03. The average Bonchev–Trinajstić information content (AvgIpc) is 2.99. The first kappa shape index (κ1) is 34.7. The molecule has 3 aromatic carbocycles. The molecule has 4 rings (SSSR count). The zero-order valence-corrected chi connectivity index (χ0v) is 25.3. The number of pyridine rings is 1. The number of ether oxygens (including phenoxy) is 3. The number of nitrogens with two attached hydrogens (primary N) is 1. The van der Waals surface area contributed by atoms with Crippen molar-refractivity contribution in [3.05, 3.63) is 89.6 Å². The number of esters is 1. The maximum Gasteiger partial charge on any atom is 0.491 e. The molecule has 1 atom stereocenters. The van der Waals surface area contributed by atoms with Crippen LogP contribution in [0, 0.1) is 0 Å². The first-order valence-electron chi connectivity index (χ1n) is 14.1. The van der Waals surface area contributed by atoms with Gasteiger partial charge in [0, 0.05) is 29.4 Å². The molecule has 0 aliphatic heterocycles. The Kier molecular flexibility index (Phi) is 10.1. The highest BCUT2D eigenvalue weighted by Crippen LogP contribution is 2.39. The number of amides is 1. The Hall–Kier alpha value is -5.21. The van der Waals surface area contributed by atoms with Gasteiger partial charge in [-0.15, -0.1) is 0 Å². The molecule has 9 nitrogen and oxygen atoms in total. The Morgan fingerprint density at radius 1 is 0.936 bits per heavy atom. The number of hydrogen-bond acceptors (Lipinski definition) is 8. The van der Waals surface area contributed by atoms with E-state index in [0.29, 0.717) is 10.8 Å². The molecule has 0 saturated carbocycles. The van der Waals surface area contributed by atoms with Crippen molar-refractivity contribution in [3.8, 4) is 11.5 Å². The zero-order valence-electron chi connectivity index (χ0n) is 25.3. The Morgan fingerprint density at radius 2 is 1.66 bits per heavy atom. The largest absolute Gasteiger partial charge is 0.491 e. The third-order valence-electron chi connectivity index (χ3n) is 6.69. The van der Waals surface area contributed by atoms with Crippen LogP contribution < -0.4 is 25.8 Å². The van der Waals surface area contributed by atoms with E-state index in [1.165, 1.54) is 42.6 Å². The number of alkyl halides is 6. The van der Waals surface area contributed by atoms with Crippen LogP contribution in [0.4, 0.5) is 37.8 Å². The third-order valence-corrected chi connectivity index (χ3v) is 6.69. The number of aromatic nitrogens is 1. The van der Waals surface area contributed by atoms with Gasteiger partial charge >= 0.3 is 18.3 Å². The molecule has 15 heteroatoms. The van der Waals surface area contributed by atoms with Gasteiger partial charge in [-0.3, -0.25) is 4.79 Å². The van der Waals surface area contributed by atoms with Crippen molar-refractivity contribution in [2.75, 3.05) is 17.7 Å². The molecule has 4 aromatic rings. The molecule has 1 aromatic heterocycles. The molecule has 1 heterocycles. The number of fused-ring (bicyclic) bond motifs is 1. The van der Waals surface area contributed by atoms with Crippen LogP contribution in [0.2, 0.25) is 0 Å². The van der Waals surface area contributed by atoms with Gasteiger partial charge in [0.15, 0.2) is 11.5 Å². The highest BCUT2D eigenvalue weighted by atomic mass is 19.4. The van der Waals surface area contributed by atoms with Gasteiger partial charge in [0.1, 0.15) is 5.82 Å². The first-order valence-corrected chi connectivity index (χ1v) is 14.1. The van der Waals surface area contributed by atoms with Gasteiger partial charge in [0.05, 0.1) is 18.3 Å². The van der Waals surface area contributed by atoms with Crippen LogP contribution in [0.25, 0.3) is 10.8 Å². The number of carbonyl (C=O) groups is 2. The summed E-state index contributed by atoms with van der Waals surface area (Å²) < 4.78 is 98.8. The number of nitrogen functional groups attached to an aromatic ring is 1. The molecule has 0 bridgehead atoms. The van der Waals surface area contributed by atoms with Crippen LogP contribution in [0.1, 0.15) is 37.5 Å². The number of benzene rings is 3. The average molecular weight is 665 g/mol. The van der Waals surface area contributed by atoms with E-state index in [1.54, 1.807) is 26.8 Å². The molecule has 0 saturated heterocycles. The molecular weight excluding hydrogens is 634 g/mol. The Bertz CT molecular complexity index is 1760. The zero-order chi connectivity index (χ0) is 34.6. The summed E-state index contributed by atoms with van der Waals surface area (Å²) in [5.74, 6) is -3.89. The minimum atomic E-state index is -5.58. The number of anilines is 2. The number of carbonyl (C=O) groups excluding carboxylic acids is 2. The minimum Gasteiger partial charge on any atom is -0.490 e. The van der Waals surface area contributed by atoms with Crippen molar-refractivity contribution in [2.24, 2.45) is 0 Å². The van der Waals surface area contributed by atoms with Crippen LogP contribution in [-0.2, 0) is 32.8 Å². The minimum absolute atomic E-state index is 0.0134. The van der Waals surface area contributed by atoms with E-state index in [1.807, 2.05) is 0 Å². The number of rotatable bonds is 11. The highest BCUT2D eigenvalue weighted by molar-refractivity contribution is 5.95. The fraction of sp³-hybridized carbons (Fsp3) is 0.281. The van der Waals surface area contributed by atoms with E-state index in [4.69, 9.17) is 19.9 Å². The molecule has 1 amide bonds. The Morgan fingerprint density at radius 3 is 2.32 bits per heavy atom. The summed E-state index contributed by atoms with van der Waals surface area (Å²) in [4.78, 5) is 30.6. The van der Waals surface area contributed by atoms with Gasteiger partial charge in [-0.1, -0.05) is 18.2 Å². The van der Waals surface area contributed by atoms with E-state index in [9.17, 15) is 35.9 Å². The lowest BCUT2D eigenvalue weighted by atomic mass is 9.98. The monoisotopic (exact) mass is 664 g/mol. The topological polar surface area (TPSA) is 125 Å². The Balaban J connectivity index is 1.92. The van der Waals surface area contributed by atoms with E-state index >= 15 is 0 Å². The van der Waals surface area contributed by atoms with E-state index in [2.05, 4.69) is 15.6 Å². The third kappa shape index (κ3) is 7.96. The quantitative estimate of drug-likeness (QED) is 0.0919. The lowest BCUT2D eigenvalue weighted by Gasteiger charge is -2.35. The SMILES string of the molecule is CCOc1cc(C(Nc2ccc3c(N)nccc3c2)(OC(=O)C(F)(F)F)C(=O)NCc2ccccc2C(F)(F)F)ccc1OC(C)C. The van der Waals surface area contributed by atoms with E-state index in [-0.39, 0.29) is 41.3 Å². The lowest BCUT2D eigenvalue weighted by Crippen LogP contribution is -2.54. The van der Waals surface area contributed by atoms with Crippen LogP contribution in [0.15, 0.2) is 72.9 Å². The van der Waals surface area contributed by atoms with Crippen molar-refractivity contribution in [3.63, 3.8) is 0 Å². The summed E-state index contributed by atoms with van der Waals surface area (Å²) in [5, 5.41) is 5.75. The van der Waals surface area contributed by atoms with Crippen LogP contribution in [0.5, 0.6) is 11.5 Å². The number of halogens is 6. The van der Waals surface area contributed by atoms with Crippen LogP contribution in [0.3, 0.4) is 0 Å².